The fraction of sp³-hybridized carbons (Fsp3) is 0.636. The molecule has 4 N–H and O–H groups in total. The molecule has 3 saturated heterocycles. The second-order valence-electron chi connectivity index (χ2n) is 13.3. The average Bonchev–Trinajstić information content (AvgIpc) is 3.75. The summed E-state index contributed by atoms with van der Waals surface area (Å²) in [6, 6.07) is 8.77. The van der Waals surface area contributed by atoms with Crippen molar-refractivity contribution in [3.05, 3.63) is 46.9 Å². The Hall–Kier alpha value is -0.572. The minimum Gasteiger partial charge on any atom is -0.481 e. The number of allylic oxidation sites excluding steroid dienone is 1. The predicted molar refractivity (Wildman–Crippen MR) is 159 cm³/mol. The first-order valence-electron chi connectivity index (χ1n) is 15.6. The number of nitrogens with zero attached hydrogens (tertiary/aromatic N) is 2. The summed E-state index contributed by atoms with van der Waals surface area (Å²) in [7, 11) is 0. The van der Waals surface area contributed by atoms with Gasteiger partial charge in [-0.2, -0.15) is 23.8 Å². The van der Waals surface area contributed by atoms with Gasteiger partial charge in [0.1, 0.15) is 0 Å². The van der Waals surface area contributed by atoms with Crippen LogP contribution in [0.2, 0.25) is 0 Å². The van der Waals surface area contributed by atoms with E-state index in [9.17, 15) is 24.6 Å². The number of amides is 2. The van der Waals surface area contributed by atoms with Crippen LogP contribution in [0.5, 0.6) is 0 Å². The van der Waals surface area contributed by atoms with E-state index in [4.69, 9.17) is 0 Å². The number of hydrogen-bond donors (Lipinski definition) is 4. The van der Waals surface area contributed by atoms with Gasteiger partial charge in [-0.3, -0.25) is 9.59 Å². The van der Waals surface area contributed by atoms with Crippen LogP contribution in [-0.4, -0.2) is 77.9 Å². The van der Waals surface area contributed by atoms with Gasteiger partial charge in [0.25, 0.3) is 0 Å². The third-order valence-electron chi connectivity index (χ3n) is 11.4. The Bertz CT molecular complexity index is 1270. The van der Waals surface area contributed by atoms with Crippen molar-refractivity contribution in [1.82, 2.24) is 15.5 Å². The largest absolute Gasteiger partial charge is 1.00 e. The molecule has 6 unspecified atom stereocenters. The molecule has 7 rings (SSSR count). The van der Waals surface area contributed by atoms with Gasteiger partial charge in [0.15, 0.2) is 0 Å². The van der Waals surface area contributed by atoms with Crippen molar-refractivity contribution in [2.45, 2.75) is 58.4 Å². The van der Waals surface area contributed by atoms with Crippen molar-refractivity contribution in [1.29, 1.82) is 0 Å². The van der Waals surface area contributed by atoms with Crippen molar-refractivity contribution >= 4 is 23.7 Å². The van der Waals surface area contributed by atoms with Crippen molar-refractivity contribution in [3.63, 3.8) is 0 Å². The van der Waals surface area contributed by atoms with Gasteiger partial charge < -0.3 is 30.6 Å². The molecule has 235 valence electrons. The summed E-state index contributed by atoms with van der Waals surface area (Å²) in [5, 5.41) is 26.6. The number of carbonyl (C=O) groups is 3. The summed E-state index contributed by atoms with van der Waals surface area (Å²) >= 11 is 0. The first kappa shape index (κ1) is 36.3. The summed E-state index contributed by atoms with van der Waals surface area (Å²) in [4.78, 5) is 42.4. The topological polar surface area (TPSA) is 122 Å². The second kappa shape index (κ2) is 14.7. The van der Waals surface area contributed by atoms with E-state index in [0.717, 1.165) is 56.7 Å². The maximum Gasteiger partial charge on any atom is 1.00 e. The fourth-order valence-electron chi connectivity index (χ4n) is 9.03. The summed E-state index contributed by atoms with van der Waals surface area (Å²) in [6.07, 6.45) is 3.43. The molecule has 3 aliphatic heterocycles. The zero-order valence-electron chi connectivity index (χ0n) is 26.4. The molecule has 0 spiro atoms. The van der Waals surface area contributed by atoms with Crippen LogP contribution in [0.4, 0.5) is 10.5 Å². The number of nitrogens with one attached hydrogen (secondary N) is 2. The first-order valence-corrected chi connectivity index (χ1v) is 15.6. The molecule has 9 nitrogen and oxygen atoms in total. The Morgan fingerprint density at radius 1 is 1.02 bits per heavy atom. The Balaban J connectivity index is 0.00000221. The summed E-state index contributed by atoms with van der Waals surface area (Å²) in [5.41, 5.74) is 3.75. The van der Waals surface area contributed by atoms with E-state index in [1.807, 2.05) is 23.1 Å². The Morgan fingerprint density at radius 3 is 2.16 bits per heavy atom. The molecule has 3 aliphatic carbocycles. The van der Waals surface area contributed by atoms with Crippen molar-refractivity contribution in [3.8, 4) is 0 Å². The van der Waals surface area contributed by atoms with Gasteiger partial charge in [0, 0.05) is 45.0 Å². The van der Waals surface area contributed by atoms with Crippen molar-refractivity contribution in [2.24, 2.45) is 35.5 Å². The number of fused-ring (bicyclic) bond motifs is 1. The van der Waals surface area contributed by atoms with E-state index in [-0.39, 0.29) is 114 Å². The van der Waals surface area contributed by atoms with Gasteiger partial charge in [-0.05, 0) is 50.9 Å². The zero-order chi connectivity index (χ0) is 29.8. The number of rotatable bonds is 10. The van der Waals surface area contributed by atoms with Gasteiger partial charge in [-0.15, -0.1) is 6.07 Å². The molecule has 1 radical (unpaired) electrons. The number of hydrogen-bond acceptors (Lipinski definition) is 5. The second-order valence-corrected chi connectivity index (χ2v) is 13.3. The molecule has 4 fully saturated rings. The molecule has 1 saturated carbocycles. The predicted octanol–water partition coefficient (Wildman–Crippen LogP) is 0.603. The molecule has 2 amide bonds. The number of anilines is 1. The minimum absolute atomic E-state index is 0. The number of carboxylic acid groups (broad SMARTS) is 2. The van der Waals surface area contributed by atoms with Crippen LogP contribution in [-0.2, 0) is 36.4 Å². The van der Waals surface area contributed by atoms with E-state index < -0.39 is 23.8 Å². The number of aliphatic carboxylic acids is 2. The Morgan fingerprint density at radius 2 is 1.61 bits per heavy atom. The van der Waals surface area contributed by atoms with Crippen LogP contribution in [0.3, 0.4) is 0 Å². The molecular weight excluding hydrogens is 804 g/mol. The van der Waals surface area contributed by atoms with E-state index in [1.54, 1.807) is 0 Å². The standard InChI is InChI=1S/C33H44N4O5.Rb.Re/c1-19-25(15-28(31(40)41)24-8-10-35-18-24)16-33(20(2)29(19)21(33)3)37-12-11-36(32(37)42)26-6-4-5-22(13-26)14-27(30(38)39)23-7-9-34-17-23;;/h5-6,13,20-21,23-24,27-28,34-35H,7-12,14-18H2,1-3H3,(H,38,39)(H,40,41);;/q-2;+1;. The van der Waals surface area contributed by atoms with Gasteiger partial charge >= 0.3 is 76.2 Å². The Labute approximate surface area is 323 Å². The fourth-order valence-corrected chi connectivity index (χ4v) is 9.03. The van der Waals surface area contributed by atoms with E-state index in [2.05, 4.69) is 42.4 Å². The SMILES string of the molecule is CC1=C(CC(C(=O)O)C2CCNC2)CC2(N3CCN(c4c[c-]cc(CC(C(=O)O)C5CCNC5)c4)C3=O)C(C)[C-]1C2C.[Rb+].[Re]. The summed E-state index contributed by atoms with van der Waals surface area (Å²) in [6.45, 7) is 10.9. The average molecular weight is 848 g/mol. The van der Waals surface area contributed by atoms with Crippen LogP contribution in [0, 0.1) is 47.5 Å². The van der Waals surface area contributed by atoms with Crippen LogP contribution < -0.4 is 73.7 Å². The van der Waals surface area contributed by atoms with E-state index in [0.29, 0.717) is 25.9 Å². The molecule has 1 aromatic rings. The van der Waals surface area contributed by atoms with Gasteiger partial charge in [-0.1, -0.05) is 57.6 Å². The number of urea groups is 1. The molecule has 6 atom stereocenters. The van der Waals surface area contributed by atoms with E-state index >= 15 is 0 Å². The van der Waals surface area contributed by atoms with Crippen LogP contribution in [0.1, 0.15) is 52.0 Å². The van der Waals surface area contributed by atoms with Crippen LogP contribution >= 0.6 is 0 Å². The molecular formula is C33H44N4O5RbRe-. The molecule has 2 bridgehead atoms. The summed E-state index contributed by atoms with van der Waals surface area (Å²) < 4.78 is 0. The molecule has 11 heteroatoms. The number of carboxylic acids is 2. The maximum absolute atomic E-state index is 14.1. The quantitative estimate of drug-likeness (QED) is 0.255. The molecule has 44 heavy (non-hydrogen) atoms. The Kier molecular flexibility index (Phi) is 12.1. The molecule has 0 aromatic heterocycles. The van der Waals surface area contributed by atoms with E-state index in [1.165, 1.54) is 17.1 Å². The van der Waals surface area contributed by atoms with Gasteiger partial charge in [0.05, 0.1) is 5.92 Å². The van der Waals surface area contributed by atoms with Crippen LogP contribution in [0.15, 0.2) is 29.3 Å². The smallest absolute Gasteiger partial charge is 0.481 e. The molecule has 3 heterocycles. The number of benzene rings is 1. The monoisotopic (exact) mass is 848 g/mol. The third kappa shape index (κ3) is 6.33. The summed E-state index contributed by atoms with van der Waals surface area (Å²) in [5.74, 6) is -0.323. The van der Waals surface area contributed by atoms with Crippen molar-refractivity contribution < 1.29 is 103 Å². The maximum atomic E-state index is 14.1. The van der Waals surface area contributed by atoms with Gasteiger partial charge in [-0.25, -0.2) is 21.9 Å². The van der Waals surface area contributed by atoms with Crippen LogP contribution in [0.25, 0.3) is 0 Å². The molecule has 1 aromatic carbocycles. The normalized spacial score (nSPS) is 30.9. The zero-order valence-corrected chi connectivity index (χ0v) is 34.0. The van der Waals surface area contributed by atoms with Gasteiger partial charge in [0.2, 0.25) is 0 Å². The third-order valence-corrected chi connectivity index (χ3v) is 11.4. The van der Waals surface area contributed by atoms with Crippen molar-refractivity contribution in [2.75, 3.05) is 44.2 Å². The first-order chi connectivity index (χ1) is 20.1. The number of carbonyl (C=O) groups excluding carboxylic acids is 1. The molecule has 6 aliphatic rings. The minimum atomic E-state index is -0.776.